The number of nitrogens with zero attached hydrogens (tertiary/aromatic N) is 2. The minimum atomic E-state index is -4.29. The zero-order valence-corrected chi connectivity index (χ0v) is 21.0. The van der Waals surface area contributed by atoms with Crippen LogP contribution in [0.1, 0.15) is 26.5 Å². The number of furan rings is 1. The molecule has 1 unspecified atom stereocenters. The van der Waals surface area contributed by atoms with Gasteiger partial charge in [-0.3, -0.25) is 14.4 Å². The summed E-state index contributed by atoms with van der Waals surface area (Å²) in [5, 5.41) is 0.897. The molecule has 3 aromatic rings. The van der Waals surface area contributed by atoms with Gasteiger partial charge in [0.2, 0.25) is 15.2 Å². The summed E-state index contributed by atoms with van der Waals surface area (Å²) in [4.78, 5) is 41.7. The molecule has 0 aliphatic carbocycles. The Kier molecular flexibility index (Phi) is 7.46. The van der Waals surface area contributed by atoms with E-state index in [1.54, 1.807) is 41.3 Å². The topological polar surface area (TPSA) is 117 Å². The Morgan fingerprint density at radius 2 is 1.61 bits per heavy atom. The molecule has 1 N–H and O–H groups in total. The van der Waals surface area contributed by atoms with Crippen molar-refractivity contribution >= 4 is 39.2 Å². The number of carbonyl (C=O) groups is 3. The molecular formula is C25H24ClN3O6S. The average Bonchev–Trinajstić information content (AvgIpc) is 3.42. The van der Waals surface area contributed by atoms with Crippen LogP contribution in [0.3, 0.4) is 0 Å². The van der Waals surface area contributed by atoms with E-state index < -0.39 is 27.0 Å². The Morgan fingerprint density at radius 1 is 0.944 bits per heavy atom. The number of sulfone groups is 1. The molecule has 0 radical (unpaired) electrons. The van der Waals surface area contributed by atoms with Crippen LogP contribution >= 0.6 is 11.6 Å². The average molecular weight is 530 g/mol. The Labute approximate surface area is 213 Å². The molecular weight excluding hydrogens is 506 g/mol. The van der Waals surface area contributed by atoms with Gasteiger partial charge in [-0.05, 0) is 49.4 Å². The van der Waals surface area contributed by atoms with E-state index in [0.717, 1.165) is 5.56 Å². The van der Waals surface area contributed by atoms with Crippen molar-refractivity contribution < 1.29 is 27.2 Å². The third kappa shape index (κ3) is 5.44. The minimum absolute atomic E-state index is 0.0963. The van der Waals surface area contributed by atoms with E-state index in [-0.39, 0.29) is 42.7 Å². The molecule has 1 aliphatic rings. The van der Waals surface area contributed by atoms with Gasteiger partial charge in [0.05, 0.1) is 11.2 Å². The molecule has 0 spiro atoms. The number of aryl methyl sites for hydroxylation is 1. The Balaban J connectivity index is 1.53. The third-order valence-electron chi connectivity index (χ3n) is 5.84. The quantitative estimate of drug-likeness (QED) is 0.525. The fourth-order valence-electron chi connectivity index (χ4n) is 3.83. The molecule has 1 fully saturated rings. The SMILES string of the molecule is Cc1ccc(S(=O)(=O)C(NC(=O)c2ccco2)C(=O)N2CCN(C(=O)c3cccc(Cl)c3)CC2)cc1. The molecule has 36 heavy (non-hydrogen) atoms. The van der Waals surface area contributed by atoms with E-state index in [0.29, 0.717) is 10.6 Å². The number of hydrogen-bond acceptors (Lipinski definition) is 6. The molecule has 0 saturated carbocycles. The van der Waals surface area contributed by atoms with Gasteiger partial charge in [-0.2, -0.15) is 0 Å². The number of piperazine rings is 1. The molecule has 3 amide bonds. The lowest BCUT2D eigenvalue weighted by Crippen LogP contribution is -2.57. The highest BCUT2D eigenvalue weighted by Crippen LogP contribution is 2.20. The van der Waals surface area contributed by atoms with Crippen LogP contribution in [0.4, 0.5) is 0 Å². The number of halogens is 1. The van der Waals surface area contributed by atoms with Gasteiger partial charge in [0.1, 0.15) is 0 Å². The van der Waals surface area contributed by atoms with Crippen molar-refractivity contribution in [2.75, 3.05) is 26.2 Å². The Hall–Kier alpha value is -3.63. The van der Waals surface area contributed by atoms with Crippen LogP contribution < -0.4 is 5.32 Å². The zero-order chi connectivity index (χ0) is 25.9. The van der Waals surface area contributed by atoms with E-state index in [9.17, 15) is 22.8 Å². The number of rotatable bonds is 6. The maximum Gasteiger partial charge on any atom is 0.288 e. The number of hydrogen-bond donors (Lipinski definition) is 1. The molecule has 188 valence electrons. The second kappa shape index (κ2) is 10.5. The van der Waals surface area contributed by atoms with Gasteiger partial charge in [-0.1, -0.05) is 35.4 Å². The molecule has 4 rings (SSSR count). The Morgan fingerprint density at radius 3 is 2.22 bits per heavy atom. The van der Waals surface area contributed by atoms with Crippen LogP contribution in [-0.4, -0.2) is 67.5 Å². The fourth-order valence-corrected chi connectivity index (χ4v) is 5.49. The second-order valence-electron chi connectivity index (χ2n) is 8.32. The first-order valence-electron chi connectivity index (χ1n) is 11.2. The summed E-state index contributed by atoms with van der Waals surface area (Å²) in [6, 6.07) is 15.4. The predicted octanol–water partition coefficient (Wildman–Crippen LogP) is 2.76. The van der Waals surface area contributed by atoms with Crippen molar-refractivity contribution in [2.45, 2.75) is 17.2 Å². The van der Waals surface area contributed by atoms with Crippen LogP contribution in [0.5, 0.6) is 0 Å². The van der Waals surface area contributed by atoms with Gasteiger partial charge in [-0.25, -0.2) is 8.42 Å². The third-order valence-corrected chi connectivity index (χ3v) is 7.95. The molecule has 1 saturated heterocycles. The first-order chi connectivity index (χ1) is 17.2. The first kappa shape index (κ1) is 25.5. The summed E-state index contributed by atoms with van der Waals surface area (Å²) in [5.41, 5.74) is 1.27. The van der Waals surface area contributed by atoms with Crippen LogP contribution in [0, 0.1) is 6.92 Å². The van der Waals surface area contributed by atoms with Gasteiger partial charge >= 0.3 is 0 Å². The summed E-state index contributed by atoms with van der Waals surface area (Å²) < 4.78 is 32.0. The van der Waals surface area contributed by atoms with E-state index in [2.05, 4.69) is 5.32 Å². The summed E-state index contributed by atoms with van der Waals surface area (Å²) >= 11 is 5.99. The maximum atomic E-state index is 13.5. The zero-order valence-electron chi connectivity index (χ0n) is 19.4. The molecule has 9 nitrogen and oxygen atoms in total. The lowest BCUT2D eigenvalue weighted by molar-refractivity contribution is -0.132. The smallest absolute Gasteiger partial charge is 0.288 e. The first-order valence-corrected chi connectivity index (χ1v) is 13.1. The summed E-state index contributed by atoms with van der Waals surface area (Å²) in [6.07, 6.45) is 1.27. The predicted molar refractivity (Wildman–Crippen MR) is 132 cm³/mol. The van der Waals surface area contributed by atoms with E-state index >= 15 is 0 Å². The minimum Gasteiger partial charge on any atom is -0.459 e. The van der Waals surface area contributed by atoms with Gasteiger partial charge in [0, 0.05) is 36.8 Å². The highest BCUT2D eigenvalue weighted by atomic mass is 35.5. The van der Waals surface area contributed by atoms with Crippen molar-refractivity contribution in [1.82, 2.24) is 15.1 Å². The van der Waals surface area contributed by atoms with E-state index in [4.69, 9.17) is 16.0 Å². The van der Waals surface area contributed by atoms with Crippen molar-refractivity contribution in [2.24, 2.45) is 0 Å². The number of carbonyl (C=O) groups excluding carboxylic acids is 3. The second-order valence-corrected chi connectivity index (χ2v) is 10.8. The van der Waals surface area contributed by atoms with E-state index in [1.165, 1.54) is 35.4 Å². The fraction of sp³-hybridized carbons (Fsp3) is 0.240. The van der Waals surface area contributed by atoms with Crippen LogP contribution in [0.25, 0.3) is 0 Å². The highest BCUT2D eigenvalue weighted by molar-refractivity contribution is 7.92. The lowest BCUT2D eigenvalue weighted by atomic mass is 10.2. The molecule has 1 atom stereocenters. The van der Waals surface area contributed by atoms with E-state index in [1.807, 2.05) is 6.92 Å². The highest BCUT2D eigenvalue weighted by Gasteiger charge is 2.40. The maximum absolute atomic E-state index is 13.5. The lowest BCUT2D eigenvalue weighted by Gasteiger charge is -2.36. The van der Waals surface area contributed by atoms with Crippen molar-refractivity contribution in [3.05, 3.63) is 88.8 Å². The number of nitrogens with one attached hydrogen (secondary N) is 1. The molecule has 1 aliphatic heterocycles. The number of amides is 3. The monoisotopic (exact) mass is 529 g/mol. The Bertz CT molecular complexity index is 1370. The van der Waals surface area contributed by atoms with Crippen molar-refractivity contribution in [3.8, 4) is 0 Å². The summed E-state index contributed by atoms with van der Waals surface area (Å²) in [6.45, 7) is 2.40. The van der Waals surface area contributed by atoms with Crippen LogP contribution in [0.2, 0.25) is 5.02 Å². The van der Waals surface area contributed by atoms with Gasteiger partial charge in [0.25, 0.3) is 17.7 Å². The number of benzene rings is 2. The van der Waals surface area contributed by atoms with Gasteiger partial charge < -0.3 is 19.5 Å². The van der Waals surface area contributed by atoms with Crippen LogP contribution in [0.15, 0.2) is 76.2 Å². The largest absolute Gasteiger partial charge is 0.459 e. The summed E-state index contributed by atoms with van der Waals surface area (Å²) in [5.74, 6) is -1.97. The molecule has 2 heterocycles. The molecule has 0 bridgehead atoms. The van der Waals surface area contributed by atoms with Crippen molar-refractivity contribution in [3.63, 3.8) is 0 Å². The normalized spacial score (nSPS) is 14.8. The van der Waals surface area contributed by atoms with Crippen LogP contribution in [-0.2, 0) is 14.6 Å². The van der Waals surface area contributed by atoms with Crippen molar-refractivity contribution in [1.29, 1.82) is 0 Å². The summed E-state index contributed by atoms with van der Waals surface area (Å²) in [7, 11) is -4.29. The molecule has 11 heteroatoms. The van der Waals surface area contributed by atoms with Gasteiger partial charge in [0.15, 0.2) is 5.76 Å². The molecule has 2 aromatic carbocycles. The van der Waals surface area contributed by atoms with Gasteiger partial charge in [-0.15, -0.1) is 0 Å². The standard InChI is InChI=1S/C25H24ClN3O6S/c1-17-7-9-20(10-8-17)36(33,34)23(27-22(30)21-6-3-15-35-21)25(32)29-13-11-28(12-14-29)24(31)18-4-2-5-19(26)16-18/h2-10,15-16,23H,11-14H2,1H3,(H,27,30). The molecule has 1 aromatic heterocycles.